The van der Waals surface area contributed by atoms with E-state index in [1.165, 1.54) is 0 Å². The lowest BCUT2D eigenvalue weighted by molar-refractivity contribution is 0.679. The second-order valence-corrected chi connectivity index (χ2v) is 2.94. The van der Waals surface area contributed by atoms with Crippen molar-refractivity contribution in [3.8, 4) is 0 Å². The Morgan fingerprint density at radius 1 is 1.33 bits per heavy atom. The first-order chi connectivity index (χ1) is 5.72. The minimum atomic E-state index is 0.0341. The number of benzene rings is 1. The van der Waals surface area contributed by atoms with E-state index in [1.807, 2.05) is 24.3 Å². The Balaban J connectivity index is 2.63. The zero-order valence-electron chi connectivity index (χ0n) is 7.03. The van der Waals surface area contributed by atoms with Crippen molar-refractivity contribution >= 4 is 5.69 Å². The molecule has 1 atom stereocenters. The number of nitrogens with two attached hydrogens (primary N) is 3. The Bertz CT molecular complexity index is 247. The van der Waals surface area contributed by atoms with E-state index in [2.05, 4.69) is 0 Å². The fraction of sp³-hybridized carbons (Fsp3) is 0.333. The lowest BCUT2D eigenvalue weighted by atomic mass is 10.1. The van der Waals surface area contributed by atoms with Crippen molar-refractivity contribution in [3.63, 3.8) is 0 Å². The van der Waals surface area contributed by atoms with E-state index < -0.39 is 0 Å². The van der Waals surface area contributed by atoms with E-state index in [-0.39, 0.29) is 6.04 Å². The van der Waals surface area contributed by atoms with Crippen LogP contribution in [-0.4, -0.2) is 12.6 Å². The Kier molecular flexibility index (Phi) is 3.08. The molecule has 0 spiro atoms. The van der Waals surface area contributed by atoms with Gasteiger partial charge in [-0.25, -0.2) is 0 Å². The average Bonchev–Trinajstić information content (AvgIpc) is 2.04. The first-order valence-electron chi connectivity index (χ1n) is 4.02. The normalized spacial score (nSPS) is 12.8. The number of nitrogen functional groups attached to an aromatic ring is 1. The monoisotopic (exact) mass is 165 g/mol. The predicted molar refractivity (Wildman–Crippen MR) is 51.6 cm³/mol. The van der Waals surface area contributed by atoms with Crippen LogP contribution in [0.2, 0.25) is 0 Å². The minimum Gasteiger partial charge on any atom is -0.399 e. The summed E-state index contributed by atoms with van der Waals surface area (Å²) in [5.41, 5.74) is 18.6. The summed E-state index contributed by atoms with van der Waals surface area (Å²) in [6.07, 6.45) is 0.793. The lowest BCUT2D eigenvalue weighted by Crippen LogP contribution is -2.31. The molecule has 1 aromatic rings. The third-order valence-corrected chi connectivity index (χ3v) is 1.75. The highest BCUT2D eigenvalue weighted by Crippen LogP contribution is 2.07. The second-order valence-electron chi connectivity index (χ2n) is 2.94. The highest BCUT2D eigenvalue weighted by atomic mass is 14.7. The van der Waals surface area contributed by atoms with Crippen LogP contribution in [0.1, 0.15) is 5.56 Å². The first-order valence-corrected chi connectivity index (χ1v) is 4.02. The molecule has 1 aromatic carbocycles. The molecule has 0 bridgehead atoms. The lowest BCUT2D eigenvalue weighted by Gasteiger charge is -2.08. The number of rotatable bonds is 3. The van der Waals surface area contributed by atoms with Crippen molar-refractivity contribution in [1.29, 1.82) is 0 Å². The van der Waals surface area contributed by atoms with Gasteiger partial charge in [-0.15, -0.1) is 0 Å². The molecule has 0 radical (unpaired) electrons. The maximum absolute atomic E-state index is 5.69. The topological polar surface area (TPSA) is 78.1 Å². The largest absolute Gasteiger partial charge is 0.399 e. The van der Waals surface area contributed by atoms with E-state index in [9.17, 15) is 0 Å². The van der Waals surface area contributed by atoms with E-state index in [1.54, 1.807) is 0 Å². The molecule has 3 heteroatoms. The third-order valence-electron chi connectivity index (χ3n) is 1.75. The molecule has 0 aliphatic rings. The fourth-order valence-corrected chi connectivity index (χ4v) is 1.11. The second kappa shape index (κ2) is 4.09. The molecule has 0 amide bonds. The van der Waals surface area contributed by atoms with Crippen LogP contribution in [0, 0.1) is 0 Å². The van der Waals surface area contributed by atoms with Gasteiger partial charge in [0.05, 0.1) is 0 Å². The highest BCUT2D eigenvalue weighted by molar-refractivity contribution is 5.40. The summed E-state index contributed by atoms with van der Waals surface area (Å²) in [5.74, 6) is 0. The van der Waals surface area contributed by atoms with Gasteiger partial charge in [0.25, 0.3) is 0 Å². The molecule has 0 aliphatic heterocycles. The molecule has 66 valence electrons. The van der Waals surface area contributed by atoms with Gasteiger partial charge in [-0.1, -0.05) is 12.1 Å². The van der Waals surface area contributed by atoms with Gasteiger partial charge in [0, 0.05) is 18.3 Å². The molecular formula is C9H15N3. The molecule has 0 aromatic heterocycles. The summed E-state index contributed by atoms with van der Waals surface area (Å²) in [6, 6.07) is 7.75. The van der Waals surface area contributed by atoms with E-state index in [0.29, 0.717) is 6.54 Å². The molecule has 0 saturated heterocycles. The molecule has 0 fully saturated rings. The van der Waals surface area contributed by atoms with Gasteiger partial charge in [-0.3, -0.25) is 0 Å². The number of hydrogen-bond acceptors (Lipinski definition) is 3. The molecular weight excluding hydrogens is 150 g/mol. The summed E-state index contributed by atoms with van der Waals surface area (Å²) in [7, 11) is 0. The first kappa shape index (κ1) is 9.03. The molecule has 1 unspecified atom stereocenters. The molecule has 3 nitrogen and oxygen atoms in total. The van der Waals surface area contributed by atoms with Crippen LogP contribution in [-0.2, 0) is 6.42 Å². The summed E-state index contributed by atoms with van der Waals surface area (Å²) >= 11 is 0. The van der Waals surface area contributed by atoms with Crippen LogP contribution in [0.3, 0.4) is 0 Å². The zero-order valence-corrected chi connectivity index (χ0v) is 7.03. The molecule has 6 N–H and O–H groups in total. The SMILES string of the molecule is NCC(N)Cc1cccc(N)c1. The summed E-state index contributed by atoms with van der Waals surface area (Å²) in [6.45, 7) is 0.509. The zero-order chi connectivity index (χ0) is 8.97. The fourth-order valence-electron chi connectivity index (χ4n) is 1.11. The summed E-state index contributed by atoms with van der Waals surface area (Å²) < 4.78 is 0. The van der Waals surface area contributed by atoms with Crippen LogP contribution < -0.4 is 17.2 Å². The maximum Gasteiger partial charge on any atom is 0.0316 e. The van der Waals surface area contributed by atoms with Crippen LogP contribution in [0.5, 0.6) is 0 Å². The van der Waals surface area contributed by atoms with Crippen LogP contribution >= 0.6 is 0 Å². The van der Waals surface area contributed by atoms with Crippen molar-refractivity contribution in [2.24, 2.45) is 11.5 Å². The van der Waals surface area contributed by atoms with Gasteiger partial charge in [-0.2, -0.15) is 0 Å². The van der Waals surface area contributed by atoms with Crippen molar-refractivity contribution in [2.75, 3.05) is 12.3 Å². The minimum absolute atomic E-state index is 0.0341. The van der Waals surface area contributed by atoms with E-state index in [0.717, 1.165) is 17.7 Å². The van der Waals surface area contributed by atoms with Gasteiger partial charge in [0.2, 0.25) is 0 Å². The van der Waals surface area contributed by atoms with Crippen LogP contribution in [0.4, 0.5) is 5.69 Å². The van der Waals surface area contributed by atoms with Gasteiger partial charge in [-0.05, 0) is 24.1 Å². The average molecular weight is 165 g/mol. The van der Waals surface area contributed by atoms with E-state index in [4.69, 9.17) is 17.2 Å². The van der Waals surface area contributed by atoms with Crippen LogP contribution in [0.25, 0.3) is 0 Å². The molecule has 0 saturated carbocycles. The Labute approximate surface area is 72.5 Å². The summed E-state index contributed by atoms with van der Waals surface area (Å²) in [5, 5.41) is 0. The standard InChI is InChI=1S/C9H15N3/c10-6-9(12)5-7-2-1-3-8(11)4-7/h1-4,9H,5-6,10-12H2. The summed E-state index contributed by atoms with van der Waals surface area (Å²) in [4.78, 5) is 0. The van der Waals surface area contributed by atoms with Gasteiger partial charge in [0.1, 0.15) is 0 Å². The van der Waals surface area contributed by atoms with Gasteiger partial charge in [0.15, 0.2) is 0 Å². The van der Waals surface area contributed by atoms with Crippen LogP contribution in [0.15, 0.2) is 24.3 Å². The smallest absolute Gasteiger partial charge is 0.0316 e. The highest BCUT2D eigenvalue weighted by Gasteiger charge is 2.00. The van der Waals surface area contributed by atoms with Gasteiger partial charge >= 0.3 is 0 Å². The van der Waals surface area contributed by atoms with Crippen molar-refractivity contribution in [3.05, 3.63) is 29.8 Å². The van der Waals surface area contributed by atoms with Gasteiger partial charge < -0.3 is 17.2 Å². The maximum atomic E-state index is 5.69. The third kappa shape index (κ3) is 2.53. The van der Waals surface area contributed by atoms with E-state index >= 15 is 0 Å². The van der Waals surface area contributed by atoms with Crippen molar-refractivity contribution < 1.29 is 0 Å². The Morgan fingerprint density at radius 2 is 2.08 bits per heavy atom. The number of hydrogen-bond donors (Lipinski definition) is 3. The Hall–Kier alpha value is -1.06. The molecule has 0 aliphatic carbocycles. The predicted octanol–water partition coefficient (Wildman–Crippen LogP) is 0.0973. The van der Waals surface area contributed by atoms with Crippen molar-refractivity contribution in [2.45, 2.75) is 12.5 Å². The Morgan fingerprint density at radius 3 is 2.67 bits per heavy atom. The quantitative estimate of drug-likeness (QED) is 0.556. The molecule has 0 heterocycles. The molecule has 12 heavy (non-hydrogen) atoms. The molecule has 1 rings (SSSR count). The number of anilines is 1. The van der Waals surface area contributed by atoms with Crippen molar-refractivity contribution in [1.82, 2.24) is 0 Å².